The number of piperidine rings is 1. The Bertz CT molecular complexity index is 1480. The third-order valence-corrected chi connectivity index (χ3v) is 7.84. The second-order valence-corrected chi connectivity index (χ2v) is 11.1. The molecule has 2 fully saturated rings. The second-order valence-electron chi connectivity index (χ2n) is 11.1. The average molecular weight is 567 g/mol. The van der Waals surface area contributed by atoms with Crippen molar-refractivity contribution in [3.63, 3.8) is 0 Å². The van der Waals surface area contributed by atoms with Crippen molar-refractivity contribution in [3.8, 4) is 28.9 Å². The van der Waals surface area contributed by atoms with Crippen LogP contribution in [0.3, 0.4) is 0 Å². The van der Waals surface area contributed by atoms with Crippen molar-refractivity contribution in [1.29, 1.82) is 0 Å². The van der Waals surface area contributed by atoms with Crippen molar-refractivity contribution < 1.29 is 18.7 Å². The summed E-state index contributed by atoms with van der Waals surface area (Å²) in [6.45, 7) is 5.48. The highest BCUT2D eigenvalue weighted by Crippen LogP contribution is 2.25. The van der Waals surface area contributed by atoms with Crippen LogP contribution in [-0.4, -0.2) is 58.7 Å². The molecule has 6 rings (SSSR count). The lowest BCUT2D eigenvalue weighted by atomic mass is 10.1. The molecule has 4 aromatic rings. The lowest BCUT2D eigenvalue weighted by molar-refractivity contribution is -0.188. The topological polar surface area (TPSA) is 74.8 Å². The summed E-state index contributed by atoms with van der Waals surface area (Å²) < 4.78 is 25.7. The van der Waals surface area contributed by atoms with E-state index in [1.54, 1.807) is 6.20 Å². The van der Waals surface area contributed by atoms with Crippen molar-refractivity contribution in [2.45, 2.75) is 64.1 Å². The van der Waals surface area contributed by atoms with Crippen LogP contribution in [0.25, 0.3) is 11.3 Å². The number of benzene rings is 2. The zero-order chi connectivity index (χ0) is 28.7. The minimum absolute atomic E-state index is 0.167. The zero-order valence-electron chi connectivity index (χ0n) is 24.4. The Labute approximate surface area is 247 Å². The Morgan fingerprint density at radius 3 is 2.43 bits per heavy atom. The molecule has 2 unspecified atom stereocenters. The van der Waals surface area contributed by atoms with Crippen LogP contribution < -0.4 is 4.74 Å². The third-order valence-electron chi connectivity index (χ3n) is 7.84. The number of imidazole rings is 1. The van der Waals surface area contributed by atoms with Crippen LogP contribution in [0, 0.1) is 11.8 Å². The first-order valence-corrected chi connectivity index (χ1v) is 14.9. The average Bonchev–Trinajstić information content (AvgIpc) is 3.69. The number of nitrogens with zero attached hydrogens (tertiary/aromatic N) is 4. The van der Waals surface area contributed by atoms with Gasteiger partial charge in [-0.05, 0) is 94.6 Å². The number of aromatic nitrogens is 3. The summed E-state index contributed by atoms with van der Waals surface area (Å²) in [5.74, 6) is 8.97. The van der Waals surface area contributed by atoms with Crippen LogP contribution in [0.15, 0.2) is 71.5 Å². The Morgan fingerprint density at radius 1 is 0.976 bits per heavy atom. The van der Waals surface area contributed by atoms with Gasteiger partial charge in [0.1, 0.15) is 29.5 Å². The monoisotopic (exact) mass is 566 g/mol. The summed E-state index contributed by atoms with van der Waals surface area (Å²) in [6.07, 6.45) is 8.96. The number of likely N-dealkylation sites (tertiary alicyclic amines) is 1. The maximum Gasteiger partial charge on any atom is 0.167 e. The van der Waals surface area contributed by atoms with Crippen molar-refractivity contribution in [2.24, 2.45) is 0 Å². The maximum atomic E-state index is 6.15. The summed E-state index contributed by atoms with van der Waals surface area (Å²) in [5.41, 5.74) is 3.66. The molecule has 0 spiro atoms. The standard InChI is InChI=1S/C34H38N4O4/c1-25(40-33-5-3-4-22-39-33)34-35-18-21-38(34)24-29-23-32(42-36-29)28-12-8-26(9-13-28)6-7-27-10-14-30(15-11-27)41-31-16-19-37(2)20-17-31/h8-15,18,21,23,25,31,33H,3-5,16-17,19-20,22,24H2,1-2H3. The fourth-order valence-corrected chi connectivity index (χ4v) is 5.39. The van der Waals surface area contributed by atoms with Crippen LogP contribution in [0.2, 0.25) is 0 Å². The van der Waals surface area contributed by atoms with E-state index in [-0.39, 0.29) is 12.4 Å². The molecule has 0 bridgehead atoms. The highest BCUT2D eigenvalue weighted by atomic mass is 16.7. The molecule has 0 radical (unpaired) electrons. The molecule has 8 nitrogen and oxygen atoms in total. The lowest BCUT2D eigenvalue weighted by Gasteiger charge is -2.29. The molecular weight excluding hydrogens is 528 g/mol. The highest BCUT2D eigenvalue weighted by Gasteiger charge is 2.22. The first-order valence-electron chi connectivity index (χ1n) is 14.9. The lowest BCUT2D eigenvalue weighted by Crippen LogP contribution is -2.35. The SMILES string of the molecule is CC(OC1CCCCO1)c1nccn1Cc1cc(-c2ccc(C#Cc3ccc(OC4CCN(C)CC4)cc3)cc2)on1. The summed E-state index contributed by atoms with van der Waals surface area (Å²) in [6, 6.07) is 18.1. The van der Waals surface area contributed by atoms with E-state index in [2.05, 4.69) is 33.9 Å². The van der Waals surface area contributed by atoms with Crippen molar-refractivity contribution in [1.82, 2.24) is 19.6 Å². The zero-order valence-corrected chi connectivity index (χ0v) is 24.4. The maximum absolute atomic E-state index is 6.15. The van der Waals surface area contributed by atoms with Gasteiger partial charge in [0.2, 0.25) is 0 Å². The Balaban J connectivity index is 1.04. The van der Waals surface area contributed by atoms with Gasteiger partial charge in [-0.2, -0.15) is 0 Å². The van der Waals surface area contributed by atoms with Gasteiger partial charge in [-0.25, -0.2) is 4.98 Å². The van der Waals surface area contributed by atoms with Gasteiger partial charge in [-0.1, -0.05) is 17.0 Å². The van der Waals surface area contributed by atoms with Gasteiger partial charge in [0, 0.05) is 54.8 Å². The molecule has 2 atom stereocenters. The molecule has 2 aliphatic heterocycles. The van der Waals surface area contributed by atoms with Crippen molar-refractivity contribution in [3.05, 3.63) is 89.6 Å². The van der Waals surface area contributed by atoms with E-state index in [4.69, 9.17) is 18.7 Å². The number of hydrogen-bond acceptors (Lipinski definition) is 7. The molecule has 2 aliphatic rings. The highest BCUT2D eigenvalue weighted by molar-refractivity contribution is 5.59. The fourth-order valence-electron chi connectivity index (χ4n) is 5.39. The minimum atomic E-state index is -0.182. The quantitative estimate of drug-likeness (QED) is 0.240. The first-order chi connectivity index (χ1) is 20.6. The van der Waals surface area contributed by atoms with E-state index in [1.165, 1.54) is 0 Å². The van der Waals surface area contributed by atoms with Gasteiger partial charge in [-0.15, -0.1) is 0 Å². The molecule has 0 amide bonds. The number of rotatable bonds is 8. The fraction of sp³-hybridized carbons (Fsp3) is 0.412. The van der Waals surface area contributed by atoms with E-state index in [9.17, 15) is 0 Å². The Kier molecular flexibility index (Phi) is 9.00. The molecule has 8 heteroatoms. The molecule has 2 aromatic heterocycles. The van der Waals surface area contributed by atoms with E-state index in [0.717, 1.165) is 85.8 Å². The Hall–Kier alpha value is -3.90. The van der Waals surface area contributed by atoms with E-state index >= 15 is 0 Å². The van der Waals surface area contributed by atoms with Crippen LogP contribution in [0.4, 0.5) is 0 Å². The predicted octanol–water partition coefficient (Wildman–Crippen LogP) is 6.06. The van der Waals surface area contributed by atoms with Gasteiger partial charge in [0.15, 0.2) is 12.1 Å². The van der Waals surface area contributed by atoms with Gasteiger partial charge in [0.05, 0.1) is 6.54 Å². The molecule has 0 N–H and O–H groups in total. The summed E-state index contributed by atoms with van der Waals surface area (Å²) in [4.78, 5) is 6.87. The van der Waals surface area contributed by atoms with E-state index in [1.807, 2.05) is 72.3 Å². The normalized spacial score (nSPS) is 18.8. The number of hydrogen-bond donors (Lipinski definition) is 0. The van der Waals surface area contributed by atoms with Gasteiger partial charge >= 0.3 is 0 Å². The second kappa shape index (κ2) is 13.4. The summed E-state index contributed by atoms with van der Waals surface area (Å²) in [7, 11) is 2.16. The molecular formula is C34H38N4O4. The molecule has 0 aliphatic carbocycles. The van der Waals surface area contributed by atoms with E-state index < -0.39 is 0 Å². The Morgan fingerprint density at radius 2 is 1.71 bits per heavy atom. The van der Waals surface area contributed by atoms with Crippen LogP contribution in [-0.2, 0) is 16.0 Å². The van der Waals surface area contributed by atoms with Gasteiger partial charge in [0.25, 0.3) is 0 Å². The smallest absolute Gasteiger partial charge is 0.167 e. The predicted molar refractivity (Wildman–Crippen MR) is 160 cm³/mol. The van der Waals surface area contributed by atoms with Gasteiger partial charge in [-0.3, -0.25) is 0 Å². The third kappa shape index (κ3) is 7.29. The van der Waals surface area contributed by atoms with Crippen molar-refractivity contribution >= 4 is 0 Å². The molecule has 0 saturated carbocycles. The summed E-state index contributed by atoms with van der Waals surface area (Å²) in [5, 5.41) is 4.30. The van der Waals surface area contributed by atoms with E-state index in [0.29, 0.717) is 18.4 Å². The molecule has 4 heterocycles. The molecule has 42 heavy (non-hydrogen) atoms. The van der Waals surface area contributed by atoms with Crippen LogP contribution >= 0.6 is 0 Å². The van der Waals surface area contributed by atoms with Crippen LogP contribution in [0.1, 0.15) is 67.8 Å². The first kappa shape index (κ1) is 28.2. The largest absolute Gasteiger partial charge is 0.490 e. The minimum Gasteiger partial charge on any atom is -0.490 e. The molecule has 2 saturated heterocycles. The van der Waals surface area contributed by atoms with Gasteiger partial charge < -0.3 is 28.2 Å². The molecule has 2 aromatic carbocycles. The molecule has 218 valence electrons. The van der Waals surface area contributed by atoms with Crippen molar-refractivity contribution in [2.75, 3.05) is 26.7 Å². The number of ether oxygens (including phenoxy) is 3. The summed E-state index contributed by atoms with van der Waals surface area (Å²) >= 11 is 0. The van der Waals surface area contributed by atoms with Crippen LogP contribution in [0.5, 0.6) is 5.75 Å².